The Bertz CT molecular complexity index is 454. The van der Waals surface area contributed by atoms with E-state index in [0.29, 0.717) is 5.75 Å². The third-order valence-corrected chi connectivity index (χ3v) is 2.91. The van der Waals surface area contributed by atoms with Crippen LogP contribution in [0.2, 0.25) is 0 Å². The SMILES string of the molecule is CSCC(=O)N[C@H](C(=O)OC(C)(C)C)c1ccccc1. The smallest absolute Gasteiger partial charge is 0.333 e. The number of hydrogen-bond acceptors (Lipinski definition) is 4. The Morgan fingerprint density at radius 1 is 1.25 bits per heavy atom. The average Bonchev–Trinajstić information content (AvgIpc) is 2.35. The second kappa shape index (κ2) is 7.33. The molecule has 0 aliphatic heterocycles. The molecule has 1 atom stereocenters. The Kier molecular flexibility index (Phi) is 6.07. The lowest BCUT2D eigenvalue weighted by molar-refractivity contribution is -0.158. The average molecular weight is 295 g/mol. The molecule has 0 heterocycles. The van der Waals surface area contributed by atoms with E-state index in [-0.39, 0.29) is 5.91 Å². The summed E-state index contributed by atoms with van der Waals surface area (Å²) in [6, 6.07) is 8.34. The molecule has 0 fully saturated rings. The zero-order valence-electron chi connectivity index (χ0n) is 12.3. The quantitative estimate of drug-likeness (QED) is 0.848. The summed E-state index contributed by atoms with van der Waals surface area (Å²) < 4.78 is 5.37. The highest BCUT2D eigenvalue weighted by molar-refractivity contribution is 7.99. The Morgan fingerprint density at radius 3 is 2.35 bits per heavy atom. The van der Waals surface area contributed by atoms with Gasteiger partial charge in [-0.05, 0) is 32.6 Å². The zero-order chi connectivity index (χ0) is 15.2. The van der Waals surface area contributed by atoms with Crippen LogP contribution in [0.25, 0.3) is 0 Å². The Morgan fingerprint density at radius 2 is 1.85 bits per heavy atom. The molecular formula is C15H21NO3S. The molecule has 1 amide bonds. The van der Waals surface area contributed by atoms with E-state index in [2.05, 4.69) is 5.32 Å². The minimum atomic E-state index is -0.768. The lowest BCUT2D eigenvalue weighted by Crippen LogP contribution is -2.38. The number of benzene rings is 1. The van der Waals surface area contributed by atoms with Crippen molar-refractivity contribution in [2.24, 2.45) is 0 Å². The zero-order valence-corrected chi connectivity index (χ0v) is 13.1. The van der Waals surface area contributed by atoms with Crippen LogP contribution in [0.5, 0.6) is 0 Å². The largest absolute Gasteiger partial charge is 0.458 e. The van der Waals surface area contributed by atoms with Crippen molar-refractivity contribution in [1.82, 2.24) is 5.32 Å². The first kappa shape index (κ1) is 16.6. The van der Waals surface area contributed by atoms with Crippen molar-refractivity contribution in [3.8, 4) is 0 Å². The van der Waals surface area contributed by atoms with Crippen molar-refractivity contribution >= 4 is 23.6 Å². The summed E-state index contributed by atoms with van der Waals surface area (Å²) in [4.78, 5) is 24.0. The first-order valence-corrected chi connectivity index (χ1v) is 7.79. The van der Waals surface area contributed by atoms with E-state index >= 15 is 0 Å². The van der Waals surface area contributed by atoms with Crippen LogP contribution in [0.1, 0.15) is 32.4 Å². The predicted octanol–water partition coefficient (Wildman–Crippen LogP) is 2.55. The third kappa shape index (κ3) is 5.65. The predicted molar refractivity (Wildman–Crippen MR) is 81.6 cm³/mol. The third-order valence-electron chi connectivity index (χ3n) is 2.36. The van der Waals surface area contributed by atoms with Gasteiger partial charge in [0.1, 0.15) is 5.60 Å². The highest BCUT2D eigenvalue weighted by atomic mass is 32.2. The van der Waals surface area contributed by atoms with Crippen LogP contribution in [0.4, 0.5) is 0 Å². The molecule has 110 valence electrons. The van der Waals surface area contributed by atoms with E-state index in [4.69, 9.17) is 4.74 Å². The summed E-state index contributed by atoms with van der Waals surface area (Å²) in [5, 5.41) is 2.72. The van der Waals surface area contributed by atoms with Crippen LogP contribution in [0, 0.1) is 0 Å². The van der Waals surface area contributed by atoms with Crippen molar-refractivity contribution in [3.63, 3.8) is 0 Å². The molecule has 0 bridgehead atoms. The molecule has 1 aromatic rings. The van der Waals surface area contributed by atoms with Gasteiger partial charge in [-0.2, -0.15) is 11.8 Å². The lowest BCUT2D eigenvalue weighted by atomic mass is 10.1. The summed E-state index contributed by atoms with van der Waals surface area (Å²) >= 11 is 1.41. The highest BCUT2D eigenvalue weighted by Gasteiger charge is 2.27. The van der Waals surface area contributed by atoms with E-state index < -0.39 is 17.6 Å². The van der Waals surface area contributed by atoms with Gasteiger partial charge in [0.25, 0.3) is 0 Å². The summed E-state index contributed by atoms with van der Waals surface area (Å²) in [7, 11) is 0. The van der Waals surface area contributed by atoms with Gasteiger partial charge < -0.3 is 10.1 Å². The number of carbonyl (C=O) groups is 2. The molecule has 0 unspecified atom stereocenters. The molecule has 0 saturated heterocycles. The monoisotopic (exact) mass is 295 g/mol. The van der Waals surface area contributed by atoms with E-state index in [1.165, 1.54) is 11.8 Å². The molecule has 0 aliphatic rings. The minimum absolute atomic E-state index is 0.183. The van der Waals surface area contributed by atoms with Gasteiger partial charge in [0.05, 0.1) is 5.75 Å². The minimum Gasteiger partial charge on any atom is -0.458 e. The number of esters is 1. The van der Waals surface area contributed by atoms with Gasteiger partial charge in [-0.3, -0.25) is 4.79 Å². The first-order chi connectivity index (χ1) is 9.33. The van der Waals surface area contributed by atoms with Crippen LogP contribution < -0.4 is 5.32 Å². The van der Waals surface area contributed by atoms with Crippen LogP contribution in [-0.2, 0) is 14.3 Å². The molecule has 0 saturated carbocycles. The maximum atomic E-state index is 12.3. The molecule has 0 radical (unpaired) electrons. The summed E-state index contributed by atoms with van der Waals surface area (Å²) in [6.45, 7) is 5.41. The molecule has 20 heavy (non-hydrogen) atoms. The number of carbonyl (C=O) groups excluding carboxylic acids is 2. The van der Waals surface area contributed by atoms with Gasteiger partial charge in [0.2, 0.25) is 5.91 Å². The number of amides is 1. The molecule has 0 aromatic heterocycles. The van der Waals surface area contributed by atoms with Crippen molar-refractivity contribution < 1.29 is 14.3 Å². The molecule has 5 heteroatoms. The van der Waals surface area contributed by atoms with Crippen LogP contribution in [0.15, 0.2) is 30.3 Å². The van der Waals surface area contributed by atoms with Crippen LogP contribution >= 0.6 is 11.8 Å². The molecule has 1 rings (SSSR count). The second-order valence-corrected chi connectivity index (χ2v) is 6.24. The molecule has 0 aliphatic carbocycles. The second-order valence-electron chi connectivity index (χ2n) is 5.38. The molecule has 4 nitrogen and oxygen atoms in total. The highest BCUT2D eigenvalue weighted by Crippen LogP contribution is 2.18. The van der Waals surface area contributed by atoms with Gasteiger partial charge >= 0.3 is 5.97 Å². The van der Waals surface area contributed by atoms with Crippen molar-refractivity contribution in [2.75, 3.05) is 12.0 Å². The lowest BCUT2D eigenvalue weighted by Gasteiger charge is -2.24. The maximum Gasteiger partial charge on any atom is 0.333 e. The number of nitrogens with one attached hydrogen (secondary N) is 1. The van der Waals surface area contributed by atoms with Crippen LogP contribution in [0.3, 0.4) is 0 Å². The number of rotatable bonds is 5. The number of ether oxygens (including phenoxy) is 1. The van der Waals surface area contributed by atoms with E-state index in [0.717, 1.165) is 5.56 Å². The fourth-order valence-electron chi connectivity index (χ4n) is 1.62. The van der Waals surface area contributed by atoms with Gasteiger partial charge in [0, 0.05) is 0 Å². The van der Waals surface area contributed by atoms with Crippen LogP contribution in [-0.4, -0.2) is 29.5 Å². The summed E-state index contributed by atoms with van der Waals surface area (Å²) in [6.07, 6.45) is 1.84. The summed E-state index contributed by atoms with van der Waals surface area (Å²) in [5.74, 6) is -0.318. The Balaban J connectivity index is 2.90. The van der Waals surface area contributed by atoms with E-state index in [1.54, 1.807) is 32.9 Å². The van der Waals surface area contributed by atoms with E-state index in [1.807, 2.05) is 24.5 Å². The number of hydrogen-bond donors (Lipinski definition) is 1. The molecule has 0 spiro atoms. The van der Waals surface area contributed by atoms with Crippen molar-refractivity contribution in [1.29, 1.82) is 0 Å². The summed E-state index contributed by atoms with van der Waals surface area (Å²) in [5.41, 5.74) is 0.130. The molecule has 1 aromatic carbocycles. The van der Waals surface area contributed by atoms with Gasteiger partial charge in [-0.25, -0.2) is 4.79 Å². The standard InChI is InChI=1S/C15H21NO3S/c1-15(2,3)19-14(18)13(16-12(17)10-20-4)11-8-6-5-7-9-11/h5-9,13H,10H2,1-4H3,(H,16,17)/t13-/m0/s1. The van der Waals surface area contributed by atoms with E-state index in [9.17, 15) is 9.59 Å². The first-order valence-electron chi connectivity index (χ1n) is 6.39. The Labute approximate surface area is 124 Å². The van der Waals surface area contributed by atoms with Crippen molar-refractivity contribution in [2.45, 2.75) is 32.4 Å². The fourth-order valence-corrected chi connectivity index (χ4v) is 1.96. The maximum absolute atomic E-state index is 12.3. The fraction of sp³-hybridized carbons (Fsp3) is 0.467. The number of thioether (sulfide) groups is 1. The van der Waals surface area contributed by atoms with Gasteiger partial charge in [-0.1, -0.05) is 30.3 Å². The van der Waals surface area contributed by atoms with Crippen molar-refractivity contribution in [3.05, 3.63) is 35.9 Å². The van der Waals surface area contributed by atoms with Gasteiger partial charge in [-0.15, -0.1) is 0 Å². The topological polar surface area (TPSA) is 55.4 Å². The Hall–Kier alpha value is -1.49. The normalized spacial score (nSPS) is 12.6. The van der Waals surface area contributed by atoms with Gasteiger partial charge in [0.15, 0.2) is 6.04 Å². The molecule has 1 N–H and O–H groups in total. The molecular weight excluding hydrogens is 274 g/mol.